The molecular weight excluding hydrogens is 516 g/mol. The fourth-order valence-corrected chi connectivity index (χ4v) is 2.94. The van der Waals surface area contributed by atoms with Crippen LogP contribution in [0, 0.1) is 20.2 Å². The summed E-state index contributed by atoms with van der Waals surface area (Å²) in [7, 11) is 0. The molecule has 15 heteroatoms. The van der Waals surface area contributed by atoms with Crippen molar-refractivity contribution in [3.63, 3.8) is 0 Å². The maximum atomic E-state index is 12.6. The Morgan fingerprint density at radius 2 is 1.55 bits per heavy atom. The van der Waals surface area contributed by atoms with Crippen molar-refractivity contribution in [2.75, 3.05) is 5.32 Å². The summed E-state index contributed by atoms with van der Waals surface area (Å²) in [4.78, 5) is 32.9. The fraction of sp³-hybridized carbons (Fsp3) is 0.125. The van der Waals surface area contributed by atoms with E-state index in [1.165, 1.54) is 0 Å². The number of rotatable bonds is 6. The summed E-state index contributed by atoms with van der Waals surface area (Å²) in [5.41, 5.74) is -1.28. The number of carbonyl (C=O) groups excluding carboxylic acids is 1. The summed E-state index contributed by atoms with van der Waals surface area (Å²) in [5, 5.41) is 29.9. The molecule has 0 spiro atoms. The van der Waals surface area contributed by atoms with Crippen LogP contribution in [0.15, 0.2) is 42.5 Å². The number of nitrogens with zero attached hydrogens (tertiary/aromatic N) is 2. The van der Waals surface area contributed by atoms with Crippen molar-refractivity contribution < 1.29 is 14.6 Å². The molecule has 0 saturated carbocycles. The second-order valence-electron chi connectivity index (χ2n) is 5.78. The van der Waals surface area contributed by atoms with E-state index in [2.05, 4.69) is 16.0 Å². The average molecular weight is 527 g/mol. The lowest BCUT2D eigenvalue weighted by Crippen LogP contribution is -2.56. The molecule has 1 amide bonds. The summed E-state index contributed by atoms with van der Waals surface area (Å²) in [6.45, 7) is 0. The predicted molar refractivity (Wildman–Crippen MR) is 122 cm³/mol. The molecule has 164 valence electrons. The van der Waals surface area contributed by atoms with Crippen LogP contribution in [-0.2, 0) is 0 Å². The first-order chi connectivity index (χ1) is 14.4. The van der Waals surface area contributed by atoms with Crippen LogP contribution < -0.4 is 16.0 Å². The van der Waals surface area contributed by atoms with Gasteiger partial charge in [0.1, 0.15) is 6.17 Å². The number of non-ortho nitro benzene ring substituents is 2. The Bertz CT molecular complexity index is 1020. The number of halogens is 4. The van der Waals surface area contributed by atoms with Gasteiger partial charge in [-0.25, -0.2) is 0 Å². The Balaban J connectivity index is 2.24. The van der Waals surface area contributed by atoms with Gasteiger partial charge in [-0.05, 0) is 24.4 Å². The first-order valence-electron chi connectivity index (χ1n) is 8.02. The number of hydrogen-bond acceptors (Lipinski definition) is 6. The Hall–Kier alpha value is -2.44. The first-order valence-corrected chi connectivity index (χ1v) is 9.94. The molecule has 2 aromatic carbocycles. The summed E-state index contributed by atoms with van der Waals surface area (Å²) < 4.78 is -2.13. The Labute approximate surface area is 200 Å². The van der Waals surface area contributed by atoms with Crippen molar-refractivity contribution in [2.24, 2.45) is 0 Å². The van der Waals surface area contributed by atoms with E-state index in [0.717, 1.165) is 12.1 Å². The highest BCUT2D eigenvalue weighted by Gasteiger charge is 2.35. The van der Waals surface area contributed by atoms with Crippen LogP contribution >= 0.6 is 58.6 Å². The van der Waals surface area contributed by atoms with Gasteiger partial charge in [-0.3, -0.25) is 25.0 Å². The van der Waals surface area contributed by atoms with Crippen molar-refractivity contribution >= 4 is 86.7 Å². The van der Waals surface area contributed by atoms with E-state index < -0.39 is 42.7 Å². The molecule has 1 atom stereocenters. The number of benzene rings is 2. The van der Waals surface area contributed by atoms with Crippen molar-refractivity contribution in [2.45, 2.75) is 9.96 Å². The molecule has 0 aliphatic rings. The molecule has 3 N–H and O–H groups in total. The minimum Gasteiger partial charge on any atom is -0.339 e. The minimum absolute atomic E-state index is 0.0743. The van der Waals surface area contributed by atoms with Gasteiger partial charge >= 0.3 is 0 Å². The molecule has 2 rings (SSSR count). The van der Waals surface area contributed by atoms with Crippen LogP contribution in [0.3, 0.4) is 0 Å². The van der Waals surface area contributed by atoms with E-state index in [9.17, 15) is 25.0 Å². The second kappa shape index (κ2) is 10.2. The Kier molecular flexibility index (Phi) is 8.21. The van der Waals surface area contributed by atoms with Crippen molar-refractivity contribution in [3.8, 4) is 0 Å². The fourth-order valence-electron chi connectivity index (χ4n) is 2.20. The van der Waals surface area contributed by atoms with E-state index in [1.54, 1.807) is 24.3 Å². The zero-order valence-electron chi connectivity index (χ0n) is 15.0. The SMILES string of the molecule is O=C(N[C@@H](NC(=S)Nc1ccccc1Cl)C(Cl)(Cl)Cl)c1cc([N+](=O)[O-])cc([N+](=O)[O-])c1. The number of para-hydroxylation sites is 1. The predicted octanol–water partition coefficient (Wildman–Crippen LogP) is 4.57. The van der Waals surface area contributed by atoms with Gasteiger partial charge in [-0.15, -0.1) is 0 Å². The normalized spacial score (nSPS) is 11.9. The third kappa shape index (κ3) is 7.04. The van der Waals surface area contributed by atoms with Gasteiger partial charge in [0.25, 0.3) is 17.3 Å². The molecule has 0 aliphatic carbocycles. The van der Waals surface area contributed by atoms with E-state index in [0.29, 0.717) is 16.8 Å². The number of nitro benzene ring substituents is 2. The molecule has 0 bridgehead atoms. The van der Waals surface area contributed by atoms with E-state index in [-0.39, 0.29) is 5.11 Å². The highest BCUT2D eigenvalue weighted by atomic mass is 35.6. The van der Waals surface area contributed by atoms with Crippen LogP contribution in [-0.4, -0.2) is 30.8 Å². The molecule has 0 heterocycles. The van der Waals surface area contributed by atoms with Crippen molar-refractivity contribution in [1.82, 2.24) is 10.6 Å². The number of thiocarbonyl (C=S) groups is 1. The third-order valence-electron chi connectivity index (χ3n) is 3.59. The molecule has 0 aromatic heterocycles. The molecule has 0 fully saturated rings. The standard InChI is InChI=1S/C16H11Cl4N5O5S/c17-11-3-1-2-4-12(11)21-15(31)23-14(16(18,19)20)22-13(26)8-5-9(24(27)28)7-10(6-8)25(29)30/h1-7,14H,(H,22,26)(H2,21,23,31)/t14-/m0/s1. The van der Waals surface area contributed by atoms with Crippen LogP contribution in [0.1, 0.15) is 10.4 Å². The van der Waals surface area contributed by atoms with E-state index >= 15 is 0 Å². The van der Waals surface area contributed by atoms with Gasteiger partial charge in [0.05, 0.1) is 32.2 Å². The molecule has 10 nitrogen and oxygen atoms in total. The number of hydrogen-bond donors (Lipinski definition) is 3. The van der Waals surface area contributed by atoms with Crippen LogP contribution in [0.4, 0.5) is 17.1 Å². The Morgan fingerprint density at radius 3 is 2.03 bits per heavy atom. The number of amides is 1. The highest BCUT2D eigenvalue weighted by Crippen LogP contribution is 2.30. The van der Waals surface area contributed by atoms with Gasteiger partial charge in [0.2, 0.25) is 3.79 Å². The molecule has 0 aliphatic heterocycles. The minimum atomic E-state index is -2.13. The number of nitro groups is 2. The van der Waals surface area contributed by atoms with E-state index in [1.807, 2.05) is 0 Å². The van der Waals surface area contributed by atoms with Crippen molar-refractivity contribution in [3.05, 3.63) is 73.3 Å². The smallest absolute Gasteiger partial charge is 0.277 e. The zero-order valence-corrected chi connectivity index (χ0v) is 18.8. The molecule has 0 radical (unpaired) electrons. The number of carbonyl (C=O) groups is 1. The van der Waals surface area contributed by atoms with Crippen LogP contribution in [0.2, 0.25) is 5.02 Å². The second-order valence-corrected chi connectivity index (χ2v) is 8.96. The molecule has 2 aromatic rings. The van der Waals surface area contributed by atoms with Gasteiger partial charge in [0.15, 0.2) is 5.11 Å². The van der Waals surface area contributed by atoms with E-state index in [4.69, 9.17) is 58.6 Å². The lowest BCUT2D eigenvalue weighted by molar-refractivity contribution is -0.394. The Morgan fingerprint density at radius 1 is 1.00 bits per heavy atom. The van der Waals surface area contributed by atoms with Crippen molar-refractivity contribution in [1.29, 1.82) is 0 Å². The molecule has 0 saturated heterocycles. The summed E-state index contributed by atoms with van der Waals surface area (Å²) in [5.74, 6) is -0.990. The summed E-state index contributed by atoms with van der Waals surface area (Å²) in [6, 6.07) is 9.03. The quantitative estimate of drug-likeness (QED) is 0.163. The maximum Gasteiger partial charge on any atom is 0.277 e. The monoisotopic (exact) mass is 525 g/mol. The lowest BCUT2D eigenvalue weighted by atomic mass is 10.1. The number of alkyl halides is 3. The molecule has 0 unspecified atom stereocenters. The van der Waals surface area contributed by atoms with Gasteiger partial charge in [-0.2, -0.15) is 0 Å². The van der Waals surface area contributed by atoms with Crippen LogP contribution in [0.5, 0.6) is 0 Å². The van der Waals surface area contributed by atoms with Gasteiger partial charge in [0, 0.05) is 12.1 Å². The van der Waals surface area contributed by atoms with Crippen LogP contribution in [0.25, 0.3) is 0 Å². The summed E-state index contributed by atoms with van der Waals surface area (Å²) >= 11 is 28.9. The zero-order chi connectivity index (χ0) is 23.3. The largest absolute Gasteiger partial charge is 0.339 e. The number of anilines is 1. The lowest BCUT2D eigenvalue weighted by Gasteiger charge is -2.27. The highest BCUT2D eigenvalue weighted by molar-refractivity contribution is 7.80. The molecular formula is C16H11Cl4N5O5S. The molecule has 31 heavy (non-hydrogen) atoms. The maximum absolute atomic E-state index is 12.6. The third-order valence-corrected chi connectivity index (χ3v) is 4.79. The van der Waals surface area contributed by atoms with Gasteiger partial charge in [-0.1, -0.05) is 58.5 Å². The average Bonchev–Trinajstić information content (AvgIpc) is 2.68. The number of nitrogens with one attached hydrogen (secondary N) is 3. The summed E-state index contributed by atoms with van der Waals surface area (Å²) in [6.07, 6.45) is -1.43. The first kappa shape index (κ1) is 24.8. The van der Waals surface area contributed by atoms with Gasteiger partial charge < -0.3 is 16.0 Å². The topological polar surface area (TPSA) is 139 Å².